The third kappa shape index (κ3) is 4.81. The van der Waals surface area contributed by atoms with Crippen LogP contribution in [0.4, 0.5) is 14.5 Å². The lowest BCUT2D eigenvalue weighted by molar-refractivity contribution is 0.306. The van der Waals surface area contributed by atoms with Gasteiger partial charge in [0.25, 0.3) is 0 Å². The standard InChI is InChI=1S/C20H13Cl2F2NO/c21-15-4-3-14(18(22)9-15)12-26-17-6-1-13(2-7-17)11-25-20-8-5-16(23)10-19(20)24/h1-11H,12H2. The Bertz CT molecular complexity index is 943. The van der Waals surface area contributed by atoms with Gasteiger partial charge in [-0.25, -0.2) is 8.78 Å². The van der Waals surface area contributed by atoms with Crippen molar-refractivity contribution in [3.8, 4) is 5.75 Å². The van der Waals surface area contributed by atoms with E-state index >= 15 is 0 Å². The van der Waals surface area contributed by atoms with Crippen LogP contribution in [0.15, 0.2) is 65.7 Å². The fourth-order valence-corrected chi connectivity index (χ4v) is 2.64. The lowest BCUT2D eigenvalue weighted by Crippen LogP contribution is -1.96. The molecule has 0 spiro atoms. The number of hydrogen-bond acceptors (Lipinski definition) is 2. The van der Waals surface area contributed by atoms with Crippen LogP contribution in [-0.2, 0) is 6.61 Å². The van der Waals surface area contributed by atoms with Gasteiger partial charge in [0.2, 0.25) is 0 Å². The number of halogens is 4. The maximum atomic E-state index is 13.5. The predicted octanol–water partition coefficient (Wildman–Crippen LogP) is 6.60. The number of aliphatic imine (C=N–C) groups is 1. The molecule has 0 aliphatic carbocycles. The van der Waals surface area contributed by atoms with Gasteiger partial charge in [0, 0.05) is 27.9 Å². The highest BCUT2D eigenvalue weighted by atomic mass is 35.5. The number of rotatable bonds is 5. The Morgan fingerprint density at radius 1 is 0.923 bits per heavy atom. The molecule has 3 aromatic carbocycles. The maximum absolute atomic E-state index is 13.5. The third-order valence-electron chi connectivity index (χ3n) is 3.55. The quantitative estimate of drug-likeness (QED) is 0.448. The Morgan fingerprint density at radius 2 is 1.69 bits per heavy atom. The van der Waals surface area contributed by atoms with Crippen LogP contribution in [0.3, 0.4) is 0 Å². The normalized spacial score (nSPS) is 11.1. The van der Waals surface area contributed by atoms with Crippen molar-refractivity contribution in [2.75, 3.05) is 0 Å². The molecule has 0 aromatic heterocycles. The average Bonchev–Trinajstić information content (AvgIpc) is 2.61. The fourth-order valence-electron chi connectivity index (χ4n) is 2.18. The first kappa shape index (κ1) is 18.4. The SMILES string of the molecule is Fc1ccc(N=Cc2ccc(OCc3ccc(Cl)cc3Cl)cc2)c(F)c1. The molecule has 0 bridgehead atoms. The summed E-state index contributed by atoms with van der Waals surface area (Å²) in [4.78, 5) is 4.02. The number of ether oxygens (including phenoxy) is 1. The molecule has 0 amide bonds. The molecule has 132 valence electrons. The van der Waals surface area contributed by atoms with Crippen molar-refractivity contribution in [1.29, 1.82) is 0 Å². The predicted molar refractivity (Wildman–Crippen MR) is 101 cm³/mol. The van der Waals surface area contributed by atoms with E-state index in [1.165, 1.54) is 12.3 Å². The second-order valence-electron chi connectivity index (χ2n) is 5.45. The van der Waals surface area contributed by atoms with E-state index < -0.39 is 11.6 Å². The zero-order valence-electron chi connectivity index (χ0n) is 13.4. The van der Waals surface area contributed by atoms with Crippen LogP contribution >= 0.6 is 23.2 Å². The molecule has 3 rings (SSSR count). The van der Waals surface area contributed by atoms with Gasteiger partial charge in [0.15, 0.2) is 5.82 Å². The monoisotopic (exact) mass is 391 g/mol. The maximum Gasteiger partial charge on any atom is 0.151 e. The molecule has 3 aromatic rings. The third-order valence-corrected chi connectivity index (χ3v) is 4.14. The average molecular weight is 392 g/mol. The van der Waals surface area contributed by atoms with Crippen molar-refractivity contribution in [2.45, 2.75) is 6.61 Å². The van der Waals surface area contributed by atoms with E-state index in [4.69, 9.17) is 27.9 Å². The van der Waals surface area contributed by atoms with Crippen molar-refractivity contribution in [1.82, 2.24) is 0 Å². The van der Waals surface area contributed by atoms with Crippen LogP contribution in [-0.4, -0.2) is 6.21 Å². The smallest absolute Gasteiger partial charge is 0.151 e. The summed E-state index contributed by atoms with van der Waals surface area (Å²) in [7, 11) is 0. The van der Waals surface area contributed by atoms with E-state index in [0.717, 1.165) is 23.3 Å². The Morgan fingerprint density at radius 3 is 2.38 bits per heavy atom. The molecule has 0 N–H and O–H groups in total. The van der Waals surface area contributed by atoms with Crippen molar-refractivity contribution in [3.05, 3.63) is 93.5 Å². The lowest BCUT2D eigenvalue weighted by Gasteiger charge is -2.08. The molecule has 0 aliphatic heterocycles. The van der Waals surface area contributed by atoms with Crippen molar-refractivity contribution >= 4 is 35.1 Å². The summed E-state index contributed by atoms with van der Waals surface area (Å²) >= 11 is 12.0. The zero-order chi connectivity index (χ0) is 18.5. The summed E-state index contributed by atoms with van der Waals surface area (Å²) in [5.74, 6) is -0.689. The summed E-state index contributed by atoms with van der Waals surface area (Å²) in [5.41, 5.74) is 1.66. The van der Waals surface area contributed by atoms with Crippen LogP contribution in [0, 0.1) is 11.6 Å². The van der Waals surface area contributed by atoms with Gasteiger partial charge in [0.05, 0.1) is 5.69 Å². The summed E-state index contributed by atoms with van der Waals surface area (Å²) in [6, 6.07) is 15.6. The molecule has 6 heteroatoms. The van der Waals surface area contributed by atoms with Crippen molar-refractivity contribution in [2.24, 2.45) is 4.99 Å². The largest absolute Gasteiger partial charge is 0.489 e. The van der Waals surface area contributed by atoms with Gasteiger partial charge in [-0.3, -0.25) is 4.99 Å². The van der Waals surface area contributed by atoms with Gasteiger partial charge in [-0.05, 0) is 54.1 Å². The first-order chi connectivity index (χ1) is 12.5. The second-order valence-corrected chi connectivity index (χ2v) is 6.29. The molecule has 0 saturated carbocycles. The molecule has 0 aliphatic rings. The Hall–Kier alpha value is -2.43. The Balaban J connectivity index is 1.63. The van der Waals surface area contributed by atoms with Crippen LogP contribution in [0.2, 0.25) is 10.0 Å². The molecular weight excluding hydrogens is 379 g/mol. The van der Waals surface area contributed by atoms with Crippen LogP contribution in [0.1, 0.15) is 11.1 Å². The first-order valence-electron chi connectivity index (χ1n) is 7.67. The lowest BCUT2D eigenvalue weighted by atomic mass is 10.2. The molecule has 2 nitrogen and oxygen atoms in total. The number of benzene rings is 3. The zero-order valence-corrected chi connectivity index (χ0v) is 14.9. The summed E-state index contributed by atoms with van der Waals surface area (Å²) in [5, 5.41) is 1.11. The van der Waals surface area contributed by atoms with E-state index in [0.29, 0.717) is 22.4 Å². The molecule has 0 atom stereocenters. The summed E-state index contributed by atoms with van der Waals surface area (Å²) in [6.07, 6.45) is 1.50. The van der Waals surface area contributed by atoms with Crippen LogP contribution < -0.4 is 4.74 Å². The minimum Gasteiger partial charge on any atom is -0.489 e. The Labute approximate surface area is 159 Å². The topological polar surface area (TPSA) is 21.6 Å². The highest BCUT2D eigenvalue weighted by molar-refractivity contribution is 6.35. The van der Waals surface area contributed by atoms with Crippen LogP contribution in [0.25, 0.3) is 0 Å². The minimum absolute atomic E-state index is 0.0732. The highest BCUT2D eigenvalue weighted by Gasteiger charge is 2.03. The highest BCUT2D eigenvalue weighted by Crippen LogP contribution is 2.23. The van der Waals surface area contributed by atoms with Gasteiger partial charge < -0.3 is 4.74 Å². The van der Waals surface area contributed by atoms with E-state index in [2.05, 4.69) is 4.99 Å². The molecule has 0 unspecified atom stereocenters. The number of nitrogens with zero attached hydrogens (tertiary/aromatic N) is 1. The molecule has 0 saturated heterocycles. The van der Waals surface area contributed by atoms with Gasteiger partial charge in [0.1, 0.15) is 18.2 Å². The Kier molecular flexibility index (Phi) is 5.86. The minimum atomic E-state index is -0.707. The number of hydrogen-bond donors (Lipinski definition) is 0. The van der Waals surface area contributed by atoms with Gasteiger partial charge in [-0.15, -0.1) is 0 Å². The molecular formula is C20H13Cl2F2NO. The second kappa shape index (κ2) is 8.30. The molecule has 0 fully saturated rings. The van der Waals surface area contributed by atoms with Gasteiger partial charge in [-0.2, -0.15) is 0 Å². The molecule has 26 heavy (non-hydrogen) atoms. The summed E-state index contributed by atoms with van der Waals surface area (Å²) < 4.78 is 32.1. The van der Waals surface area contributed by atoms with Gasteiger partial charge >= 0.3 is 0 Å². The van der Waals surface area contributed by atoms with E-state index in [9.17, 15) is 8.78 Å². The van der Waals surface area contributed by atoms with Crippen molar-refractivity contribution in [3.63, 3.8) is 0 Å². The molecule has 0 heterocycles. The van der Waals surface area contributed by atoms with E-state index in [1.54, 1.807) is 36.4 Å². The van der Waals surface area contributed by atoms with E-state index in [-0.39, 0.29) is 5.69 Å². The van der Waals surface area contributed by atoms with Crippen LogP contribution in [0.5, 0.6) is 5.75 Å². The van der Waals surface area contributed by atoms with Crippen molar-refractivity contribution < 1.29 is 13.5 Å². The summed E-state index contributed by atoms with van der Waals surface area (Å²) in [6.45, 7) is 0.310. The van der Waals surface area contributed by atoms with Gasteiger partial charge in [-0.1, -0.05) is 29.3 Å². The first-order valence-corrected chi connectivity index (χ1v) is 8.43. The fraction of sp³-hybridized carbons (Fsp3) is 0.0500. The van der Waals surface area contributed by atoms with E-state index in [1.807, 2.05) is 6.07 Å². The molecule has 0 radical (unpaired) electrons.